The molecule has 1 fully saturated rings. The third-order valence-electron chi connectivity index (χ3n) is 3.89. The van der Waals surface area contributed by atoms with E-state index in [9.17, 15) is 0 Å². The Morgan fingerprint density at radius 3 is 2.63 bits per heavy atom. The van der Waals surface area contributed by atoms with E-state index in [1.165, 1.54) is 17.7 Å². The van der Waals surface area contributed by atoms with Gasteiger partial charge in [-0.25, -0.2) is 4.98 Å². The van der Waals surface area contributed by atoms with Crippen LogP contribution in [0.1, 0.15) is 31.6 Å². The van der Waals surface area contributed by atoms with Gasteiger partial charge in [-0.05, 0) is 42.8 Å². The van der Waals surface area contributed by atoms with Crippen molar-refractivity contribution in [3.8, 4) is 0 Å². The van der Waals surface area contributed by atoms with Crippen LogP contribution in [0, 0.1) is 12.3 Å². The first-order valence-electron chi connectivity index (χ1n) is 6.63. The molecule has 0 atom stereocenters. The lowest BCUT2D eigenvalue weighted by atomic mass is 9.82. The summed E-state index contributed by atoms with van der Waals surface area (Å²) in [5, 5.41) is 1.50. The van der Waals surface area contributed by atoms with Gasteiger partial charge >= 0.3 is 0 Å². The molecule has 1 aliphatic heterocycles. The molecule has 2 aromatic rings. The second kappa shape index (κ2) is 4.60. The summed E-state index contributed by atoms with van der Waals surface area (Å²) in [6, 6.07) is 2.17. The molecule has 0 saturated carbocycles. The Morgan fingerprint density at radius 1 is 1.26 bits per heavy atom. The summed E-state index contributed by atoms with van der Waals surface area (Å²) in [5.74, 6) is 1.01. The van der Waals surface area contributed by atoms with E-state index in [2.05, 4.69) is 41.7 Å². The first-order valence-corrected chi connectivity index (χ1v) is 7.83. The van der Waals surface area contributed by atoms with E-state index >= 15 is 0 Å². The van der Waals surface area contributed by atoms with Gasteiger partial charge in [0.15, 0.2) is 0 Å². The van der Waals surface area contributed by atoms with Crippen LogP contribution in [-0.2, 0) is 0 Å². The van der Waals surface area contributed by atoms with Crippen molar-refractivity contribution in [2.75, 3.05) is 18.0 Å². The van der Waals surface area contributed by atoms with Crippen molar-refractivity contribution < 1.29 is 0 Å². The fraction of sp³-hybridized carbons (Fsp3) is 0.571. The Bertz CT molecular complexity index is 610. The average Bonchev–Trinajstić information content (AvgIpc) is 2.68. The maximum absolute atomic E-state index is 6.07. The lowest BCUT2D eigenvalue weighted by Gasteiger charge is -2.37. The van der Waals surface area contributed by atoms with E-state index in [0.29, 0.717) is 10.7 Å². The predicted molar refractivity (Wildman–Crippen MR) is 82.4 cm³/mol. The van der Waals surface area contributed by atoms with Crippen LogP contribution >= 0.6 is 22.9 Å². The number of hydrogen-bond donors (Lipinski definition) is 0. The quantitative estimate of drug-likeness (QED) is 0.735. The van der Waals surface area contributed by atoms with Crippen LogP contribution in [-0.4, -0.2) is 23.1 Å². The molecule has 3 nitrogen and oxygen atoms in total. The number of hydrogen-bond acceptors (Lipinski definition) is 4. The smallest absolute Gasteiger partial charge is 0.225 e. The van der Waals surface area contributed by atoms with Crippen LogP contribution in [0.15, 0.2) is 6.07 Å². The monoisotopic (exact) mass is 295 g/mol. The van der Waals surface area contributed by atoms with Gasteiger partial charge in [-0.3, -0.25) is 0 Å². The zero-order chi connectivity index (χ0) is 13.6. The molecule has 0 radical (unpaired) electrons. The van der Waals surface area contributed by atoms with Gasteiger partial charge in [0.25, 0.3) is 0 Å². The van der Waals surface area contributed by atoms with Crippen molar-refractivity contribution in [2.24, 2.45) is 5.41 Å². The van der Waals surface area contributed by atoms with Gasteiger partial charge in [0.1, 0.15) is 10.6 Å². The van der Waals surface area contributed by atoms with Crippen molar-refractivity contribution >= 4 is 39.0 Å². The Kier molecular flexibility index (Phi) is 3.18. The number of piperidine rings is 1. The molecular formula is C14H18ClN3S. The van der Waals surface area contributed by atoms with Crippen molar-refractivity contribution in [2.45, 2.75) is 33.6 Å². The summed E-state index contributed by atoms with van der Waals surface area (Å²) in [5.41, 5.74) is 0.441. The summed E-state index contributed by atoms with van der Waals surface area (Å²) in [4.78, 5) is 13.4. The maximum Gasteiger partial charge on any atom is 0.225 e. The number of rotatable bonds is 1. The molecule has 1 saturated heterocycles. The van der Waals surface area contributed by atoms with Crippen molar-refractivity contribution in [3.05, 3.63) is 16.2 Å². The Morgan fingerprint density at radius 2 is 1.95 bits per heavy atom. The molecule has 0 aromatic carbocycles. The fourth-order valence-electron chi connectivity index (χ4n) is 2.57. The zero-order valence-electron chi connectivity index (χ0n) is 11.5. The molecule has 0 spiro atoms. The number of anilines is 1. The van der Waals surface area contributed by atoms with Gasteiger partial charge < -0.3 is 4.90 Å². The first-order chi connectivity index (χ1) is 8.94. The van der Waals surface area contributed by atoms with Crippen LogP contribution in [0.5, 0.6) is 0 Å². The van der Waals surface area contributed by atoms with Crippen LogP contribution in [0.2, 0.25) is 5.28 Å². The molecule has 102 valence electrons. The number of fused-ring (bicyclic) bond motifs is 1. The predicted octanol–water partition coefficient (Wildman–Crippen LogP) is 4.28. The van der Waals surface area contributed by atoms with Crippen molar-refractivity contribution in [1.82, 2.24) is 9.97 Å². The number of halogens is 1. The highest BCUT2D eigenvalue weighted by atomic mass is 35.5. The van der Waals surface area contributed by atoms with Gasteiger partial charge in [0, 0.05) is 18.0 Å². The number of aromatic nitrogens is 2. The van der Waals surface area contributed by atoms with Gasteiger partial charge in [-0.15, -0.1) is 11.3 Å². The topological polar surface area (TPSA) is 29.0 Å². The minimum Gasteiger partial charge on any atom is -0.356 e. The SMILES string of the molecule is Cc1cc2c(N3CCC(C)(C)CC3)nc(Cl)nc2s1. The molecule has 0 amide bonds. The fourth-order valence-corrected chi connectivity index (χ4v) is 3.66. The average molecular weight is 296 g/mol. The lowest BCUT2D eigenvalue weighted by molar-refractivity contribution is 0.279. The highest BCUT2D eigenvalue weighted by molar-refractivity contribution is 7.18. The second-order valence-corrected chi connectivity index (χ2v) is 7.62. The molecule has 19 heavy (non-hydrogen) atoms. The standard InChI is InChI=1S/C14H18ClN3S/c1-9-8-10-11(16-13(15)17-12(10)19-9)18-6-4-14(2,3)5-7-18/h8H,4-7H2,1-3H3. The van der Waals surface area contributed by atoms with Crippen LogP contribution in [0.3, 0.4) is 0 Å². The highest BCUT2D eigenvalue weighted by Gasteiger charge is 2.27. The summed E-state index contributed by atoms with van der Waals surface area (Å²) in [6.45, 7) is 8.86. The summed E-state index contributed by atoms with van der Waals surface area (Å²) < 4.78 is 0. The number of thiophene rings is 1. The second-order valence-electron chi connectivity index (χ2n) is 6.04. The minimum absolute atomic E-state index is 0.356. The van der Waals surface area contributed by atoms with Crippen LogP contribution in [0.25, 0.3) is 10.2 Å². The molecule has 1 aliphatic rings. The van der Waals surface area contributed by atoms with E-state index in [1.807, 2.05) is 0 Å². The Balaban J connectivity index is 2.00. The third kappa shape index (κ3) is 2.56. The minimum atomic E-state index is 0.356. The molecule has 5 heteroatoms. The summed E-state index contributed by atoms with van der Waals surface area (Å²) in [7, 11) is 0. The van der Waals surface area contributed by atoms with E-state index in [-0.39, 0.29) is 0 Å². The highest BCUT2D eigenvalue weighted by Crippen LogP contribution is 2.36. The van der Waals surface area contributed by atoms with Crippen LogP contribution in [0.4, 0.5) is 5.82 Å². The largest absolute Gasteiger partial charge is 0.356 e. The van der Waals surface area contributed by atoms with Crippen molar-refractivity contribution in [3.63, 3.8) is 0 Å². The van der Waals surface area contributed by atoms with Gasteiger partial charge in [-0.1, -0.05) is 13.8 Å². The molecule has 2 aromatic heterocycles. The van der Waals surface area contributed by atoms with Crippen molar-refractivity contribution in [1.29, 1.82) is 0 Å². The van der Waals surface area contributed by atoms with E-state index in [1.54, 1.807) is 11.3 Å². The van der Waals surface area contributed by atoms with E-state index in [0.717, 1.165) is 29.1 Å². The number of aryl methyl sites for hydroxylation is 1. The molecule has 0 unspecified atom stereocenters. The Hall–Kier alpha value is -0.870. The molecule has 3 rings (SSSR count). The van der Waals surface area contributed by atoms with Gasteiger partial charge in [-0.2, -0.15) is 4.98 Å². The Labute approximate surface area is 122 Å². The van der Waals surface area contributed by atoms with E-state index < -0.39 is 0 Å². The molecule has 0 N–H and O–H groups in total. The summed E-state index contributed by atoms with van der Waals surface area (Å²) in [6.07, 6.45) is 2.39. The third-order valence-corrected chi connectivity index (χ3v) is 5.00. The lowest BCUT2D eigenvalue weighted by Crippen LogP contribution is -2.37. The maximum atomic E-state index is 6.07. The number of nitrogens with zero attached hydrogens (tertiary/aromatic N) is 3. The van der Waals surface area contributed by atoms with Gasteiger partial charge in [0.2, 0.25) is 5.28 Å². The first kappa shape index (κ1) is 13.1. The molecule has 0 aliphatic carbocycles. The normalized spacial score (nSPS) is 19.1. The molecular weight excluding hydrogens is 278 g/mol. The summed E-state index contributed by atoms with van der Waals surface area (Å²) >= 11 is 7.75. The molecule has 3 heterocycles. The zero-order valence-corrected chi connectivity index (χ0v) is 13.1. The van der Waals surface area contributed by atoms with Gasteiger partial charge in [0.05, 0.1) is 5.39 Å². The molecule has 0 bridgehead atoms. The van der Waals surface area contributed by atoms with Crippen LogP contribution < -0.4 is 4.90 Å². The van der Waals surface area contributed by atoms with E-state index in [4.69, 9.17) is 11.6 Å².